The lowest BCUT2D eigenvalue weighted by Gasteiger charge is -2.21. The Morgan fingerprint density at radius 3 is 2.58 bits per heavy atom. The van der Waals surface area contributed by atoms with Gasteiger partial charge in [-0.1, -0.05) is 29.8 Å². The van der Waals surface area contributed by atoms with E-state index in [4.69, 9.17) is 16.3 Å². The van der Waals surface area contributed by atoms with Crippen LogP contribution in [0.25, 0.3) is 11.2 Å². The Morgan fingerprint density at radius 2 is 1.93 bits per heavy atom. The number of aromatic nitrogens is 4. The van der Waals surface area contributed by atoms with E-state index in [2.05, 4.69) is 15.1 Å². The second-order valence-corrected chi connectivity index (χ2v) is 9.79. The Morgan fingerprint density at radius 1 is 1.23 bits per heavy atom. The number of alkyl halides is 3. The molecule has 1 aromatic carbocycles. The van der Waals surface area contributed by atoms with Crippen molar-refractivity contribution in [1.29, 1.82) is 0 Å². The minimum Gasteiger partial charge on any atom is -0.457 e. The molecular formula is C25H28ClF3N6O5. The molecule has 4 rings (SSSR count). The fraction of sp³-hybridized carbons (Fsp3) is 0.400. The molecule has 1 aliphatic carbocycles. The van der Waals surface area contributed by atoms with E-state index in [1.54, 1.807) is 38.1 Å². The summed E-state index contributed by atoms with van der Waals surface area (Å²) in [6.07, 6.45) is -1.88. The largest absolute Gasteiger partial charge is 0.572 e. The van der Waals surface area contributed by atoms with Crippen LogP contribution in [-0.2, 0) is 24.9 Å². The van der Waals surface area contributed by atoms with Crippen molar-refractivity contribution in [2.75, 3.05) is 6.54 Å². The average Bonchev–Trinajstić information content (AvgIpc) is 3.23. The summed E-state index contributed by atoms with van der Waals surface area (Å²) in [4.78, 5) is 31.1. The van der Waals surface area contributed by atoms with Crippen LogP contribution in [0, 0.1) is 0 Å². The lowest BCUT2D eigenvalue weighted by Crippen LogP contribution is -2.46. The maximum Gasteiger partial charge on any atom is 0.572 e. The zero-order valence-corrected chi connectivity index (χ0v) is 22.6. The zero-order chi connectivity index (χ0) is 29.2. The third kappa shape index (κ3) is 6.75. The summed E-state index contributed by atoms with van der Waals surface area (Å²) in [7, 11) is 1.45. The number of hydrazine groups is 1. The molecule has 11 nitrogen and oxygen atoms in total. The first-order valence-electron chi connectivity index (χ1n) is 12.3. The van der Waals surface area contributed by atoms with E-state index >= 15 is 0 Å². The van der Waals surface area contributed by atoms with Gasteiger partial charge in [-0.2, -0.15) is 4.98 Å². The number of halogens is 4. The third-order valence-electron chi connectivity index (χ3n) is 6.06. The topological polar surface area (TPSA) is 116 Å². The zero-order valence-electron chi connectivity index (χ0n) is 21.9. The van der Waals surface area contributed by atoms with Crippen LogP contribution in [0.4, 0.5) is 13.2 Å². The van der Waals surface area contributed by atoms with Crippen LogP contribution in [0.15, 0.2) is 57.8 Å². The van der Waals surface area contributed by atoms with Crippen molar-refractivity contribution >= 4 is 22.8 Å². The Labute approximate surface area is 231 Å². The SMILES string of the molecule is CC(C)N(O)NCCn1c(=O)c2c(nc(OC3C=CC=C(OC(F)(F)F)C3)n2Cc2ccc(Cl)cc2)n(C)c1=O. The molecule has 2 N–H and O–H groups in total. The molecule has 1 aliphatic rings. The summed E-state index contributed by atoms with van der Waals surface area (Å²) in [5, 5.41) is 11.2. The third-order valence-corrected chi connectivity index (χ3v) is 6.32. The quantitative estimate of drug-likeness (QED) is 0.349. The van der Waals surface area contributed by atoms with Gasteiger partial charge in [0.15, 0.2) is 11.2 Å². The van der Waals surface area contributed by atoms with E-state index in [-0.39, 0.29) is 55.0 Å². The van der Waals surface area contributed by atoms with Crippen LogP contribution < -0.4 is 21.4 Å². The molecule has 0 aliphatic heterocycles. The monoisotopic (exact) mass is 584 g/mol. The van der Waals surface area contributed by atoms with Crippen molar-refractivity contribution in [3.63, 3.8) is 0 Å². The molecular weight excluding hydrogens is 557 g/mol. The highest BCUT2D eigenvalue weighted by Gasteiger charge is 2.33. The predicted molar refractivity (Wildman–Crippen MR) is 140 cm³/mol. The van der Waals surface area contributed by atoms with Gasteiger partial charge in [-0.3, -0.25) is 23.7 Å². The fourth-order valence-electron chi connectivity index (χ4n) is 4.08. The maximum absolute atomic E-state index is 13.6. The van der Waals surface area contributed by atoms with E-state index in [0.29, 0.717) is 5.02 Å². The molecule has 1 atom stereocenters. The number of allylic oxidation sites excluding steroid dienone is 2. The maximum atomic E-state index is 13.6. The van der Waals surface area contributed by atoms with Crippen LogP contribution >= 0.6 is 11.6 Å². The van der Waals surface area contributed by atoms with E-state index < -0.39 is 23.7 Å². The Kier molecular flexibility index (Phi) is 8.73. The number of nitrogens with zero attached hydrogens (tertiary/aromatic N) is 5. The Bertz CT molecular complexity index is 1540. The highest BCUT2D eigenvalue weighted by Crippen LogP contribution is 2.28. The molecule has 0 saturated carbocycles. The summed E-state index contributed by atoms with van der Waals surface area (Å²) in [5.74, 6) is -0.345. The van der Waals surface area contributed by atoms with Gasteiger partial charge in [0.05, 0.1) is 6.54 Å². The Hall–Kier alpha value is -3.59. The van der Waals surface area contributed by atoms with E-state index in [0.717, 1.165) is 15.3 Å². The molecule has 15 heteroatoms. The summed E-state index contributed by atoms with van der Waals surface area (Å²) in [6, 6.07) is 6.50. The van der Waals surface area contributed by atoms with E-state index in [1.165, 1.54) is 34.4 Å². The number of hydrogen-bond donors (Lipinski definition) is 2. The number of benzene rings is 1. The van der Waals surface area contributed by atoms with Crippen LogP contribution in [0.5, 0.6) is 6.01 Å². The van der Waals surface area contributed by atoms with Gasteiger partial charge in [0.1, 0.15) is 11.9 Å². The molecule has 0 spiro atoms. The molecule has 2 aromatic heterocycles. The molecule has 2 heterocycles. The second kappa shape index (κ2) is 11.9. The van der Waals surface area contributed by atoms with Crippen molar-refractivity contribution in [2.45, 2.75) is 51.9 Å². The smallest absolute Gasteiger partial charge is 0.457 e. The normalized spacial score (nSPS) is 15.8. The van der Waals surface area contributed by atoms with Gasteiger partial charge in [0.25, 0.3) is 11.6 Å². The summed E-state index contributed by atoms with van der Waals surface area (Å²) in [6.45, 7) is 3.59. The van der Waals surface area contributed by atoms with Gasteiger partial charge in [-0.05, 0) is 43.7 Å². The lowest BCUT2D eigenvalue weighted by atomic mass is 10.1. The summed E-state index contributed by atoms with van der Waals surface area (Å²) in [5.41, 5.74) is 2.24. The summed E-state index contributed by atoms with van der Waals surface area (Å²) < 4.78 is 52.0. The number of rotatable bonds is 10. The molecule has 216 valence electrons. The first-order valence-corrected chi connectivity index (χ1v) is 12.7. The van der Waals surface area contributed by atoms with Crippen LogP contribution in [-0.4, -0.2) is 54.1 Å². The number of hydrogen-bond acceptors (Lipinski definition) is 8. The standard InChI is InChI=1S/C25H28ClF3N6O5/c1-15(2)35(38)30-11-12-33-22(36)20-21(32(3)24(33)37)31-23(34(20)14-16-7-9-17(26)10-8-16)39-18-5-4-6-19(13-18)40-25(27,28)29/h4-10,15,18,30,38H,11-14H2,1-3H3. The van der Waals surface area contributed by atoms with Crippen LogP contribution in [0.1, 0.15) is 25.8 Å². The number of imidazole rings is 1. The number of fused-ring (bicyclic) bond motifs is 1. The molecule has 0 fully saturated rings. The minimum atomic E-state index is -4.86. The number of ether oxygens (including phenoxy) is 2. The van der Waals surface area contributed by atoms with Gasteiger partial charge in [-0.25, -0.2) is 10.2 Å². The highest BCUT2D eigenvalue weighted by atomic mass is 35.5. The first kappa shape index (κ1) is 29.4. The van der Waals surface area contributed by atoms with Crippen LogP contribution in [0.2, 0.25) is 5.02 Å². The highest BCUT2D eigenvalue weighted by molar-refractivity contribution is 6.30. The fourth-order valence-corrected chi connectivity index (χ4v) is 4.20. The second-order valence-electron chi connectivity index (χ2n) is 9.35. The van der Waals surface area contributed by atoms with Gasteiger partial charge in [0, 0.05) is 37.6 Å². The molecule has 0 radical (unpaired) electrons. The number of nitrogens with one attached hydrogen (secondary N) is 1. The minimum absolute atomic E-state index is 0.0382. The van der Waals surface area contributed by atoms with Crippen molar-refractivity contribution in [1.82, 2.24) is 29.3 Å². The molecule has 1 unspecified atom stereocenters. The van der Waals surface area contributed by atoms with E-state index in [1.807, 2.05) is 0 Å². The molecule has 0 amide bonds. The van der Waals surface area contributed by atoms with Crippen molar-refractivity contribution in [2.24, 2.45) is 7.05 Å². The molecule has 0 saturated heterocycles. The van der Waals surface area contributed by atoms with Crippen LogP contribution in [0.3, 0.4) is 0 Å². The van der Waals surface area contributed by atoms with Gasteiger partial charge >= 0.3 is 12.1 Å². The lowest BCUT2D eigenvalue weighted by molar-refractivity contribution is -0.307. The summed E-state index contributed by atoms with van der Waals surface area (Å²) >= 11 is 6.02. The molecule has 3 aromatic rings. The van der Waals surface area contributed by atoms with Gasteiger partial charge in [-0.15, -0.1) is 18.3 Å². The predicted octanol–water partition coefficient (Wildman–Crippen LogP) is 3.33. The van der Waals surface area contributed by atoms with Gasteiger partial charge < -0.3 is 9.47 Å². The molecule has 40 heavy (non-hydrogen) atoms. The molecule has 0 bridgehead atoms. The van der Waals surface area contributed by atoms with Crippen molar-refractivity contribution in [3.05, 3.63) is 79.7 Å². The average molecular weight is 585 g/mol. The number of hydroxylamine groups is 1. The number of aryl methyl sites for hydroxylation is 1. The first-order chi connectivity index (χ1) is 18.8. The van der Waals surface area contributed by atoms with Crippen molar-refractivity contribution < 1.29 is 27.9 Å². The van der Waals surface area contributed by atoms with E-state index in [9.17, 15) is 28.0 Å². The van der Waals surface area contributed by atoms with Gasteiger partial charge in [0.2, 0.25) is 0 Å². The Balaban J connectivity index is 1.74. The van der Waals surface area contributed by atoms with Crippen molar-refractivity contribution in [3.8, 4) is 6.01 Å².